The van der Waals surface area contributed by atoms with Crippen LogP contribution in [0.5, 0.6) is 0 Å². The molecule has 0 radical (unpaired) electrons. The molecule has 0 aromatic heterocycles. The van der Waals surface area contributed by atoms with Crippen molar-refractivity contribution in [1.82, 2.24) is 0 Å². The normalized spacial score (nSPS) is 29.4. The Morgan fingerprint density at radius 3 is 2.56 bits per heavy atom. The van der Waals surface area contributed by atoms with Crippen molar-refractivity contribution in [2.45, 2.75) is 65.0 Å². The molecule has 3 heterocycles. The predicted octanol–water partition coefficient (Wildman–Crippen LogP) is 4.56. The second-order valence-corrected chi connectivity index (χ2v) is 8.18. The van der Waals surface area contributed by atoms with Crippen molar-refractivity contribution in [1.29, 1.82) is 0 Å². The molecule has 0 N–H and O–H groups in total. The van der Waals surface area contributed by atoms with Gasteiger partial charge in [0, 0.05) is 24.3 Å². The first kappa shape index (κ1) is 18.4. The van der Waals surface area contributed by atoms with Gasteiger partial charge in [-0.1, -0.05) is 57.0 Å². The minimum absolute atomic E-state index is 0.0626. The lowest BCUT2D eigenvalue weighted by atomic mass is 9.82. The van der Waals surface area contributed by atoms with Gasteiger partial charge in [-0.3, -0.25) is 4.79 Å². The Bertz CT molecular complexity index is 548. The summed E-state index contributed by atoms with van der Waals surface area (Å²) in [7, 11) is 0. The summed E-state index contributed by atoms with van der Waals surface area (Å²) in [6.07, 6.45) is 6.69. The van der Waals surface area contributed by atoms with Crippen molar-refractivity contribution in [2.24, 2.45) is 11.8 Å². The van der Waals surface area contributed by atoms with E-state index in [0.29, 0.717) is 5.92 Å². The Hall–Kier alpha value is -1.35. The van der Waals surface area contributed by atoms with Gasteiger partial charge in [-0.2, -0.15) is 0 Å². The highest BCUT2D eigenvalue weighted by atomic mass is 16.5. The number of benzene rings is 1. The number of esters is 1. The van der Waals surface area contributed by atoms with Crippen LogP contribution in [-0.4, -0.2) is 36.2 Å². The second-order valence-electron chi connectivity index (χ2n) is 8.18. The van der Waals surface area contributed by atoms with Crippen LogP contribution in [0.3, 0.4) is 0 Å². The van der Waals surface area contributed by atoms with Crippen LogP contribution in [0.4, 0.5) is 0 Å². The first-order valence-corrected chi connectivity index (χ1v) is 10.3. The second kappa shape index (κ2) is 8.35. The first-order valence-electron chi connectivity index (χ1n) is 10.3. The molecule has 3 heteroatoms. The van der Waals surface area contributed by atoms with Crippen molar-refractivity contribution in [3.63, 3.8) is 0 Å². The Morgan fingerprint density at radius 2 is 1.92 bits per heavy atom. The van der Waals surface area contributed by atoms with Crippen molar-refractivity contribution in [2.75, 3.05) is 19.6 Å². The summed E-state index contributed by atoms with van der Waals surface area (Å²) in [6, 6.07) is 10.8. The van der Waals surface area contributed by atoms with Crippen LogP contribution in [-0.2, 0) is 16.1 Å². The maximum Gasteiger partial charge on any atom is 0.309 e. The average molecular weight is 345 g/mol. The molecule has 3 saturated heterocycles. The standard InChI is InChI=1S/C22H34NO2/c1-3-5-11-19(4-2)22(24)25-21-17-23(14-12-20(21)13-15-23)16-18-9-7-6-8-10-18/h6-10,19-21H,3-5,11-17H2,1-2H3/q+1. The van der Waals surface area contributed by atoms with Gasteiger partial charge in [-0.25, -0.2) is 0 Å². The Kier molecular flexibility index (Phi) is 6.16. The number of unbranched alkanes of at least 4 members (excludes halogenated alkanes) is 1. The van der Waals surface area contributed by atoms with E-state index in [1.807, 2.05) is 0 Å². The Labute approximate surface area is 153 Å². The van der Waals surface area contributed by atoms with E-state index in [9.17, 15) is 4.79 Å². The molecule has 3 fully saturated rings. The van der Waals surface area contributed by atoms with E-state index in [0.717, 1.165) is 43.3 Å². The van der Waals surface area contributed by atoms with Crippen molar-refractivity contribution in [3.05, 3.63) is 35.9 Å². The molecular formula is C22H34NO2+. The van der Waals surface area contributed by atoms with Gasteiger partial charge < -0.3 is 9.22 Å². The largest absolute Gasteiger partial charge is 0.456 e. The highest BCUT2D eigenvalue weighted by molar-refractivity contribution is 5.72. The Morgan fingerprint density at radius 1 is 1.20 bits per heavy atom. The molecule has 3 aliphatic heterocycles. The minimum Gasteiger partial charge on any atom is -0.456 e. The third-order valence-electron chi connectivity index (χ3n) is 6.40. The minimum atomic E-state index is 0.0626. The quantitative estimate of drug-likeness (QED) is 0.511. The van der Waals surface area contributed by atoms with Crippen LogP contribution in [0.15, 0.2) is 30.3 Å². The van der Waals surface area contributed by atoms with E-state index >= 15 is 0 Å². The van der Waals surface area contributed by atoms with Crippen LogP contribution in [0.1, 0.15) is 57.9 Å². The zero-order valence-corrected chi connectivity index (χ0v) is 16.0. The molecule has 0 aliphatic carbocycles. The van der Waals surface area contributed by atoms with E-state index in [2.05, 4.69) is 44.2 Å². The van der Waals surface area contributed by atoms with Gasteiger partial charge in [0.05, 0.1) is 19.0 Å². The average Bonchev–Trinajstić information content (AvgIpc) is 2.64. The Balaban J connectivity index is 1.62. The lowest BCUT2D eigenvalue weighted by molar-refractivity contribution is -0.958. The molecule has 3 nitrogen and oxygen atoms in total. The van der Waals surface area contributed by atoms with E-state index in [1.165, 1.54) is 31.5 Å². The molecule has 25 heavy (non-hydrogen) atoms. The molecular weight excluding hydrogens is 310 g/mol. The molecule has 0 amide bonds. The lowest BCUT2D eigenvalue weighted by Gasteiger charge is -2.52. The van der Waals surface area contributed by atoms with E-state index in [-0.39, 0.29) is 18.0 Å². The number of ether oxygens (including phenoxy) is 1. The molecule has 4 rings (SSSR count). The number of carbonyl (C=O) groups is 1. The highest BCUT2D eigenvalue weighted by Gasteiger charge is 2.47. The number of carbonyl (C=O) groups excluding carboxylic acids is 1. The summed E-state index contributed by atoms with van der Waals surface area (Å²) in [5.74, 6) is 0.744. The number of piperidine rings is 3. The van der Waals surface area contributed by atoms with Gasteiger partial charge in [-0.15, -0.1) is 0 Å². The summed E-state index contributed by atoms with van der Waals surface area (Å²) in [5, 5.41) is 0. The van der Waals surface area contributed by atoms with Crippen LogP contribution in [0.25, 0.3) is 0 Å². The summed E-state index contributed by atoms with van der Waals surface area (Å²) < 4.78 is 7.18. The van der Waals surface area contributed by atoms with Gasteiger partial charge in [0.15, 0.2) is 6.10 Å². The van der Waals surface area contributed by atoms with Gasteiger partial charge in [0.25, 0.3) is 0 Å². The number of hydrogen-bond acceptors (Lipinski definition) is 2. The summed E-state index contributed by atoms with van der Waals surface area (Å²) in [6.45, 7) is 8.86. The molecule has 138 valence electrons. The fraction of sp³-hybridized carbons (Fsp3) is 0.682. The molecule has 0 saturated carbocycles. The summed E-state index contributed by atoms with van der Waals surface area (Å²) in [5.41, 5.74) is 1.40. The van der Waals surface area contributed by atoms with E-state index < -0.39 is 0 Å². The summed E-state index contributed by atoms with van der Waals surface area (Å²) in [4.78, 5) is 12.7. The monoisotopic (exact) mass is 344 g/mol. The third kappa shape index (κ3) is 4.44. The maximum atomic E-state index is 12.7. The fourth-order valence-electron chi connectivity index (χ4n) is 4.73. The van der Waals surface area contributed by atoms with Gasteiger partial charge in [-0.05, 0) is 12.8 Å². The first-order chi connectivity index (χ1) is 12.2. The molecule has 2 bridgehead atoms. The maximum absolute atomic E-state index is 12.7. The number of hydrogen-bond donors (Lipinski definition) is 0. The topological polar surface area (TPSA) is 26.3 Å². The fourth-order valence-corrected chi connectivity index (χ4v) is 4.73. The number of fused-ring (bicyclic) bond motifs is 3. The number of nitrogens with zero attached hydrogens (tertiary/aromatic N) is 1. The highest BCUT2D eigenvalue weighted by Crippen LogP contribution is 2.37. The predicted molar refractivity (Wildman–Crippen MR) is 101 cm³/mol. The van der Waals surface area contributed by atoms with Crippen LogP contribution in [0, 0.1) is 11.8 Å². The molecule has 0 spiro atoms. The number of rotatable bonds is 8. The van der Waals surface area contributed by atoms with E-state index in [1.54, 1.807) is 0 Å². The van der Waals surface area contributed by atoms with Crippen molar-refractivity contribution in [3.8, 4) is 0 Å². The molecule has 2 atom stereocenters. The lowest BCUT2D eigenvalue weighted by Crippen LogP contribution is -2.63. The summed E-state index contributed by atoms with van der Waals surface area (Å²) >= 11 is 0. The molecule has 3 aliphatic rings. The van der Waals surface area contributed by atoms with Crippen molar-refractivity contribution < 1.29 is 14.0 Å². The van der Waals surface area contributed by atoms with Crippen LogP contribution in [0.2, 0.25) is 0 Å². The van der Waals surface area contributed by atoms with E-state index in [4.69, 9.17) is 4.74 Å². The van der Waals surface area contributed by atoms with Gasteiger partial charge >= 0.3 is 5.97 Å². The zero-order valence-electron chi connectivity index (χ0n) is 16.0. The van der Waals surface area contributed by atoms with Gasteiger partial charge in [0.2, 0.25) is 0 Å². The molecule has 1 aromatic rings. The van der Waals surface area contributed by atoms with Crippen LogP contribution >= 0.6 is 0 Å². The zero-order chi connectivity index (χ0) is 17.7. The van der Waals surface area contributed by atoms with Crippen LogP contribution < -0.4 is 0 Å². The smallest absolute Gasteiger partial charge is 0.309 e. The third-order valence-corrected chi connectivity index (χ3v) is 6.40. The van der Waals surface area contributed by atoms with Crippen molar-refractivity contribution >= 4 is 5.97 Å². The molecule has 2 unspecified atom stereocenters. The number of quaternary nitrogens is 1. The molecule has 1 aromatic carbocycles. The van der Waals surface area contributed by atoms with Gasteiger partial charge in [0.1, 0.15) is 13.1 Å². The SMILES string of the molecule is CCCCC(CC)C(=O)OC1C[N+]2(Cc3ccccc3)CCC1CC2.